The number of pyridine rings is 1. The lowest BCUT2D eigenvalue weighted by Gasteiger charge is -2.26. The Balaban J connectivity index is 2.27. The maximum absolute atomic E-state index is 11.3. The standard InChI is InChI=1S/C13H16N2O2/c14-13(17)11-5-2-6-15-12(11)10-4-1-3-9(7-10)8-16/h2,5-6,8-10H,1,3-4,7H2,(H2,14,17). The zero-order valence-electron chi connectivity index (χ0n) is 9.63. The first kappa shape index (κ1) is 11.8. The molecule has 1 amide bonds. The highest BCUT2D eigenvalue weighted by Crippen LogP contribution is 2.35. The summed E-state index contributed by atoms with van der Waals surface area (Å²) in [6.45, 7) is 0. The normalized spacial score (nSPS) is 24.2. The Hall–Kier alpha value is -1.71. The third kappa shape index (κ3) is 2.52. The monoisotopic (exact) mass is 232 g/mol. The molecule has 0 aliphatic heterocycles. The third-order valence-corrected chi connectivity index (χ3v) is 3.40. The molecule has 0 saturated heterocycles. The molecule has 4 heteroatoms. The molecule has 0 aromatic carbocycles. The van der Waals surface area contributed by atoms with E-state index in [1.807, 2.05) is 0 Å². The highest BCUT2D eigenvalue weighted by atomic mass is 16.1. The molecular formula is C13H16N2O2. The molecule has 4 nitrogen and oxygen atoms in total. The molecular weight excluding hydrogens is 216 g/mol. The molecule has 1 aliphatic carbocycles. The van der Waals surface area contributed by atoms with Gasteiger partial charge in [0.2, 0.25) is 0 Å². The van der Waals surface area contributed by atoms with Gasteiger partial charge in [-0.05, 0) is 31.4 Å². The number of carbonyl (C=O) groups is 2. The van der Waals surface area contributed by atoms with E-state index in [4.69, 9.17) is 5.73 Å². The average Bonchev–Trinajstić information content (AvgIpc) is 2.39. The molecule has 0 bridgehead atoms. The largest absolute Gasteiger partial charge is 0.366 e. The molecule has 2 rings (SSSR count). The maximum Gasteiger partial charge on any atom is 0.250 e. The predicted molar refractivity (Wildman–Crippen MR) is 63.5 cm³/mol. The van der Waals surface area contributed by atoms with E-state index in [-0.39, 0.29) is 11.8 Å². The summed E-state index contributed by atoms with van der Waals surface area (Å²) in [6.07, 6.45) is 6.38. The van der Waals surface area contributed by atoms with Gasteiger partial charge in [-0.3, -0.25) is 9.78 Å². The molecule has 1 aromatic rings. The summed E-state index contributed by atoms with van der Waals surface area (Å²) in [6, 6.07) is 3.42. The van der Waals surface area contributed by atoms with Crippen LogP contribution in [0.15, 0.2) is 18.3 Å². The molecule has 1 aliphatic rings. The second-order valence-corrected chi connectivity index (χ2v) is 4.56. The van der Waals surface area contributed by atoms with E-state index in [1.165, 1.54) is 0 Å². The van der Waals surface area contributed by atoms with Gasteiger partial charge in [-0.1, -0.05) is 6.42 Å². The highest BCUT2D eigenvalue weighted by molar-refractivity contribution is 5.94. The van der Waals surface area contributed by atoms with Gasteiger partial charge >= 0.3 is 0 Å². The van der Waals surface area contributed by atoms with Crippen LogP contribution in [0.1, 0.15) is 47.7 Å². The van der Waals surface area contributed by atoms with Crippen LogP contribution in [0, 0.1) is 5.92 Å². The van der Waals surface area contributed by atoms with Gasteiger partial charge in [0, 0.05) is 18.0 Å². The fraction of sp³-hybridized carbons (Fsp3) is 0.462. The number of nitrogens with two attached hydrogens (primary N) is 1. The highest BCUT2D eigenvalue weighted by Gasteiger charge is 2.26. The maximum atomic E-state index is 11.3. The number of rotatable bonds is 3. The molecule has 0 spiro atoms. The fourth-order valence-corrected chi connectivity index (χ4v) is 2.55. The van der Waals surface area contributed by atoms with E-state index < -0.39 is 5.91 Å². The summed E-state index contributed by atoms with van der Waals surface area (Å²) in [5.41, 5.74) is 6.59. The van der Waals surface area contributed by atoms with Crippen molar-refractivity contribution >= 4 is 12.2 Å². The number of carbonyl (C=O) groups excluding carboxylic acids is 2. The Morgan fingerprint density at radius 1 is 1.47 bits per heavy atom. The topological polar surface area (TPSA) is 73.1 Å². The van der Waals surface area contributed by atoms with Crippen molar-refractivity contribution in [3.8, 4) is 0 Å². The lowest BCUT2D eigenvalue weighted by molar-refractivity contribution is -0.112. The zero-order chi connectivity index (χ0) is 12.3. The Morgan fingerprint density at radius 2 is 2.29 bits per heavy atom. The van der Waals surface area contributed by atoms with Crippen LogP contribution in [0.4, 0.5) is 0 Å². The van der Waals surface area contributed by atoms with Crippen molar-refractivity contribution < 1.29 is 9.59 Å². The average molecular weight is 232 g/mol. The second kappa shape index (κ2) is 5.08. The second-order valence-electron chi connectivity index (χ2n) is 4.56. The molecule has 90 valence electrons. The van der Waals surface area contributed by atoms with Gasteiger partial charge in [0.15, 0.2) is 0 Å². The lowest BCUT2D eigenvalue weighted by atomic mass is 9.79. The first-order valence-electron chi connectivity index (χ1n) is 5.92. The number of nitrogens with zero attached hydrogens (tertiary/aromatic N) is 1. The van der Waals surface area contributed by atoms with Gasteiger partial charge in [0.25, 0.3) is 5.91 Å². The van der Waals surface area contributed by atoms with Crippen LogP contribution < -0.4 is 5.73 Å². The molecule has 2 atom stereocenters. The molecule has 2 N–H and O–H groups in total. The van der Waals surface area contributed by atoms with E-state index in [0.717, 1.165) is 37.7 Å². The van der Waals surface area contributed by atoms with Gasteiger partial charge < -0.3 is 10.5 Å². The van der Waals surface area contributed by atoms with Gasteiger partial charge in [0.05, 0.1) is 11.3 Å². The third-order valence-electron chi connectivity index (χ3n) is 3.40. The summed E-state index contributed by atoms with van der Waals surface area (Å²) in [5, 5.41) is 0. The Kier molecular flexibility index (Phi) is 3.52. The van der Waals surface area contributed by atoms with Crippen molar-refractivity contribution in [3.63, 3.8) is 0 Å². The van der Waals surface area contributed by atoms with E-state index in [1.54, 1.807) is 18.3 Å². The van der Waals surface area contributed by atoms with Crippen molar-refractivity contribution in [1.29, 1.82) is 0 Å². The number of hydrogen-bond acceptors (Lipinski definition) is 3. The Labute approximate surface area is 100 Å². The van der Waals surface area contributed by atoms with Gasteiger partial charge in [-0.15, -0.1) is 0 Å². The summed E-state index contributed by atoms with van der Waals surface area (Å²) in [5.74, 6) is -0.166. The van der Waals surface area contributed by atoms with Crippen molar-refractivity contribution in [2.75, 3.05) is 0 Å². The molecule has 1 aromatic heterocycles. The minimum Gasteiger partial charge on any atom is -0.366 e. The van der Waals surface area contributed by atoms with Crippen LogP contribution in [0.5, 0.6) is 0 Å². The molecule has 17 heavy (non-hydrogen) atoms. The smallest absolute Gasteiger partial charge is 0.250 e. The van der Waals surface area contributed by atoms with E-state index in [0.29, 0.717) is 5.56 Å². The van der Waals surface area contributed by atoms with Crippen molar-refractivity contribution in [1.82, 2.24) is 4.98 Å². The number of primary amides is 1. The molecule has 1 saturated carbocycles. The number of aldehydes is 1. The van der Waals surface area contributed by atoms with E-state index in [2.05, 4.69) is 4.98 Å². The van der Waals surface area contributed by atoms with Crippen molar-refractivity contribution in [2.45, 2.75) is 31.6 Å². The quantitative estimate of drug-likeness (QED) is 0.805. The lowest BCUT2D eigenvalue weighted by Crippen LogP contribution is -2.21. The summed E-state index contributed by atoms with van der Waals surface area (Å²) < 4.78 is 0. The SMILES string of the molecule is NC(=O)c1cccnc1C1CCCC(C=O)C1. The first-order valence-corrected chi connectivity index (χ1v) is 5.92. The van der Waals surface area contributed by atoms with E-state index in [9.17, 15) is 9.59 Å². The first-order chi connectivity index (χ1) is 8.22. The Morgan fingerprint density at radius 3 is 3.00 bits per heavy atom. The van der Waals surface area contributed by atoms with Crippen LogP contribution in [0.2, 0.25) is 0 Å². The minimum atomic E-state index is -0.443. The summed E-state index contributed by atoms with van der Waals surface area (Å²) in [4.78, 5) is 26.4. The molecule has 1 heterocycles. The molecule has 0 radical (unpaired) electrons. The Bertz CT molecular complexity index is 431. The number of aromatic nitrogens is 1. The van der Waals surface area contributed by atoms with E-state index >= 15 is 0 Å². The fourth-order valence-electron chi connectivity index (χ4n) is 2.55. The summed E-state index contributed by atoms with van der Waals surface area (Å²) in [7, 11) is 0. The number of amides is 1. The summed E-state index contributed by atoms with van der Waals surface area (Å²) >= 11 is 0. The molecule has 1 fully saturated rings. The van der Waals surface area contributed by atoms with Gasteiger partial charge in [-0.2, -0.15) is 0 Å². The molecule has 2 unspecified atom stereocenters. The predicted octanol–water partition coefficient (Wildman–Crippen LogP) is 1.65. The van der Waals surface area contributed by atoms with Crippen LogP contribution >= 0.6 is 0 Å². The van der Waals surface area contributed by atoms with Crippen LogP contribution in [0.25, 0.3) is 0 Å². The number of hydrogen-bond donors (Lipinski definition) is 1. The van der Waals surface area contributed by atoms with Crippen LogP contribution in [-0.2, 0) is 4.79 Å². The van der Waals surface area contributed by atoms with Gasteiger partial charge in [0.1, 0.15) is 6.29 Å². The van der Waals surface area contributed by atoms with Crippen LogP contribution in [-0.4, -0.2) is 17.2 Å². The van der Waals surface area contributed by atoms with Crippen LogP contribution in [0.3, 0.4) is 0 Å². The minimum absolute atomic E-state index is 0.0940. The van der Waals surface area contributed by atoms with Gasteiger partial charge in [-0.25, -0.2) is 0 Å². The zero-order valence-corrected chi connectivity index (χ0v) is 9.63. The van der Waals surface area contributed by atoms with Crippen molar-refractivity contribution in [3.05, 3.63) is 29.6 Å². The van der Waals surface area contributed by atoms with Crippen molar-refractivity contribution in [2.24, 2.45) is 11.7 Å².